The van der Waals surface area contributed by atoms with E-state index in [4.69, 9.17) is 0 Å². The molecule has 0 heterocycles. The van der Waals surface area contributed by atoms with Crippen molar-refractivity contribution in [2.45, 2.75) is 55.2 Å². The van der Waals surface area contributed by atoms with Crippen LogP contribution in [0.5, 0.6) is 0 Å². The van der Waals surface area contributed by atoms with Gasteiger partial charge in [-0.1, -0.05) is 38.3 Å². The van der Waals surface area contributed by atoms with Crippen molar-refractivity contribution in [3.8, 4) is 0 Å². The Labute approximate surface area is 126 Å². The summed E-state index contributed by atoms with van der Waals surface area (Å²) in [6.07, 6.45) is 6.41. The van der Waals surface area contributed by atoms with Gasteiger partial charge in [0.05, 0.1) is 8.65 Å². The van der Waals surface area contributed by atoms with Gasteiger partial charge in [0.15, 0.2) is 0 Å². The summed E-state index contributed by atoms with van der Waals surface area (Å²) >= 11 is 7.14. The minimum absolute atomic E-state index is 0.175. The van der Waals surface area contributed by atoms with Crippen molar-refractivity contribution < 1.29 is 4.79 Å². The van der Waals surface area contributed by atoms with Gasteiger partial charge in [0.2, 0.25) is 5.91 Å². The average molecular weight is 379 g/mol. The van der Waals surface area contributed by atoms with Crippen LogP contribution in [0.25, 0.3) is 0 Å². The normalized spacial score (nSPS) is 45.9. The molecule has 3 aliphatic carbocycles. The van der Waals surface area contributed by atoms with Gasteiger partial charge < -0.3 is 5.32 Å². The molecule has 0 aliphatic heterocycles. The van der Waals surface area contributed by atoms with Gasteiger partial charge in [-0.15, -0.1) is 0 Å². The number of hydrogen-bond acceptors (Lipinski definition) is 1. The lowest BCUT2D eigenvalue weighted by atomic mass is 9.84. The Kier molecular flexibility index (Phi) is 3.14. The zero-order chi connectivity index (χ0) is 13.1. The van der Waals surface area contributed by atoms with Gasteiger partial charge in [0, 0.05) is 6.04 Å². The molecule has 4 heteroatoms. The SMILES string of the molecule is C[C@H](NC(=O)[C@@]1(C)CC1(Br)Br)[C@@H]1C[C@@H]2CC[C@@H]1C2. The van der Waals surface area contributed by atoms with Gasteiger partial charge in [0.25, 0.3) is 0 Å². The lowest BCUT2D eigenvalue weighted by Gasteiger charge is -2.29. The minimum Gasteiger partial charge on any atom is -0.353 e. The second kappa shape index (κ2) is 4.21. The molecule has 0 radical (unpaired) electrons. The Hall–Kier alpha value is 0.430. The Bertz CT molecular complexity index is 384. The average Bonchev–Trinajstić information content (AvgIpc) is 2.74. The van der Waals surface area contributed by atoms with E-state index in [9.17, 15) is 4.79 Å². The van der Waals surface area contributed by atoms with E-state index in [1.54, 1.807) is 0 Å². The molecule has 0 aromatic rings. The quantitative estimate of drug-likeness (QED) is 0.743. The van der Waals surface area contributed by atoms with E-state index in [0.29, 0.717) is 6.04 Å². The number of nitrogens with one attached hydrogen (secondary N) is 1. The first-order valence-corrected chi connectivity index (χ1v) is 8.61. The smallest absolute Gasteiger partial charge is 0.228 e. The van der Waals surface area contributed by atoms with E-state index in [1.165, 1.54) is 25.7 Å². The summed E-state index contributed by atoms with van der Waals surface area (Å²) < 4.78 is -0.175. The first-order valence-electron chi connectivity index (χ1n) is 7.02. The van der Waals surface area contributed by atoms with Crippen molar-refractivity contribution in [3.63, 3.8) is 0 Å². The summed E-state index contributed by atoms with van der Waals surface area (Å²) in [4.78, 5) is 12.3. The molecule has 3 fully saturated rings. The molecule has 0 spiro atoms. The monoisotopic (exact) mass is 377 g/mol. The zero-order valence-corrected chi connectivity index (χ0v) is 14.2. The topological polar surface area (TPSA) is 29.1 Å². The standard InChI is InChI=1S/C14H21Br2NO/c1-8(11-6-9-3-4-10(11)5-9)17-12(18)13(2)7-14(13,15)16/h8-11H,3-7H2,1-2H3,(H,17,18)/t8-,9+,10+,11-,13+/m0/s1. The van der Waals surface area contributed by atoms with Crippen molar-refractivity contribution in [1.29, 1.82) is 0 Å². The van der Waals surface area contributed by atoms with Crippen molar-refractivity contribution in [1.82, 2.24) is 5.32 Å². The number of amides is 1. The molecule has 0 aromatic heterocycles. The first-order chi connectivity index (χ1) is 8.33. The van der Waals surface area contributed by atoms with E-state index in [1.807, 2.05) is 6.92 Å². The molecule has 1 N–H and O–H groups in total. The zero-order valence-electron chi connectivity index (χ0n) is 11.0. The maximum Gasteiger partial charge on any atom is 0.228 e. The number of rotatable bonds is 3. The Morgan fingerprint density at radius 3 is 2.44 bits per heavy atom. The number of hydrogen-bond donors (Lipinski definition) is 1. The van der Waals surface area contributed by atoms with E-state index in [0.717, 1.165) is 24.2 Å². The van der Waals surface area contributed by atoms with Gasteiger partial charge >= 0.3 is 0 Å². The van der Waals surface area contributed by atoms with Crippen LogP contribution in [0, 0.1) is 23.2 Å². The molecule has 18 heavy (non-hydrogen) atoms. The highest BCUT2D eigenvalue weighted by Gasteiger charge is 2.66. The van der Waals surface area contributed by atoms with E-state index in [-0.39, 0.29) is 14.6 Å². The van der Waals surface area contributed by atoms with Crippen molar-refractivity contribution in [3.05, 3.63) is 0 Å². The van der Waals surface area contributed by atoms with Crippen LogP contribution in [0.2, 0.25) is 0 Å². The predicted molar refractivity (Wildman–Crippen MR) is 79.9 cm³/mol. The molecule has 3 saturated carbocycles. The van der Waals surface area contributed by atoms with Gasteiger partial charge in [-0.05, 0) is 57.3 Å². The van der Waals surface area contributed by atoms with Gasteiger partial charge in [0.1, 0.15) is 0 Å². The maximum absolute atomic E-state index is 12.3. The lowest BCUT2D eigenvalue weighted by Crippen LogP contribution is -2.44. The molecule has 2 nitrogen and oxygen atoms in total. The van der Waals surface area contributed by atoms with Crippen LogP contribution in [0.15, 0.2) is 0 Å². The predicted octanol–water partition coefficient (Wildman–Crippen LogP) is 3.82. The number of alkyl halides is 2. The molecule has 5 atom stereocenters. The largest absolute Gasteiger partial charge is 0.353 e. The number of fused-ring (bicyclic) bond motifs is 2. The first kappa shape index (κ1) is 13.4. The second-order valence-electron chi connectivity index (χ2n) is 6.81. The molecule has 0 aromatic carbocycles. The Morgan fingerprint density at radius 2 is 2.00 bits per heavy atom. The van der Waals surface area contributed by atoms with Gasteiger partial charge in [-0.3, -0.25) is 4.79 Å². The van der Waals surface area contributed by atoms with Crippen LogP contribution in [-0.2, 0) is 4.79 Å². The van der Waals surface area contributed by atoms with E-state index >= 15 is 0 Å². The fourth-order valence-corrected chi connectivity index (χ4v) is 5.51. The maximum atomic E-state index is 12.3. The summed E-state index contributed by atoms with van der Waals surface area (Å²) in [6, 6.07) is 0.334. The van der Waals surface area contributed by atoms with Crippen LogP contribution in [0.1, 0.15) is 46.0 Å². The lowest BCUT2D eigenvalue weighted by molar-refractivity contribution is -0.126. The molecule has 2 bridgehead atoms. The third-order valence-electron chi connectivity index (χ3n) is 5.55. The summed E-state index contributed by atoms with van der Waals surface area (Å²) in [5, 5.41) is 3.27. The summed E-state index contributed by atoms with van der Waals surface area (Å²) in [5.74, 6) is 2.74. The van der Waals surface area contributed by atoms with Crippen LogP contribution < -0.4 is 5.32 Å². The number of carbonyl (C=O) groups is 1. The van der Waals surface area contributed by atoms with Gasteiger partial charge in [-0.25, -0.2) is 0 Å². The van der Waals surface area contributed by atoms with Gasteiger partial charge in [-0.2, -0.15) is 0 Å². The van der Waals surface area contributed by atoms with E-state index in [2.05, 4.69) is 44.1 Å². The fourth-order valence-electron chi connectivity index (χ4n) is 4.03. The molecule has 0 saturated heterocycles. The molecular formula is C14H21Br2NO. The number of carbonyl (C=O) groups excluding carboxylic acids is 1. The molecular weight excluding hydrogens is 358 g/mol. The third kappa shape index (κ3) is 1.98. The highest BCUT2D eigenvalue weighted by Crippen LogP contribution is 2.66. The van der Waals surface area contributed by atoms with Crippen molar-refractivity contribution >= 4 is 37.8 Å². The molecule has 3 aliphatic rings. The second-order valence-corrected chi connectivity index (χ2v) is 10.6. The molecule has 0 unspecified atom stereocenters. The number of halogens is 2. The highest BCUT2D eigenvalue weighted by atomic mass is 79.9. The minimum atomic E-state index is -0.279. The van der Waals surface area contributed by atoms with Crippen LogP contribution in [0.4, 0.5) is 0 Å². The third-order valence-corrected chi connectivity index (χ3v) is 7.86. The fraction of sp³-hybridized carbons (Fsp3) is 0.929. The molecule has 3 rings (SSSR count). The summed E-state index contributed by atoms with van der Waals surface area (Å²) in [5.41, 5.74) is -0.279. The van der Waals surface area contributed by atoms with Crippen LogP contribution in [0.3, 0.4) is 0 Å². The highest BCUT2D eigenvalue weighted by molar-refractivity contribution is 9.25. The van der Waals surface area contributed by atoms with Crippen molar-refractivity contribution in [2.24, 2.45) is 23.2 Å². The van der Waals surface area contributed by atoms with E-state index < -0.39 is 0 Å². The van der Waals surface area contributed by atoms with Crippen molar-refractivity contribution in [2.75, 3.05) is 0 Å². The molecule has 1 amide bonds. The summed E-state index contributed by atoms with van der Waals surface area (Å²) in [7, 11) is 0. The Balaban J connectivity index is 1.59. The van der Waals surface area contributed by atoms with Crippen LogP contribution >= 0.6 is 31.9 Å². The van der Waals surface area contributed by atoms with Crippen LogP contribution in [-0.4, -0.2) is 15.2 Å². The molecule has 102 valence electrons. The summed E-state index contributed by atoms with van der Waals surface area (Å²) in [6.45, 7) is 4.22. The Morgan fingerprint density at radius 1 is 1.33 bits per heavy atom.